The molecular formula is C13H26N2O. The second kappa shape index (κ2) is 5.67. The molecule has 94 valence electrons. The first-order chi connectivity index (χ1) is 7.39. The molecule has 0 radical (unpaired) electrons. The number of carbonyl (C=O) groups excluding carboxylic acids is 1. The molecule has 1 rings (SSSR count). The number of nitrogens with two attached hydrogens (primary N) is 1. The van der Waals surface area contributed by atoms with E-state index in [0.29, 0.717) is 17.9 Å². The minimum Gasteiger partial charge on any atom is -0.353 e. The third kappa shape index (κ3) is 4.97. The highest BCUT2D eigenvalue weighted by atomic mass is 16.1. The zero-order valence-corrected chi connectivity index (χ0v) is 10.9. The lowest BCUT2D eigenvalue weighted by Gasteiger charge is -2.35. The monoisotopic (exact) mass is 226 g/mol. The predicted octanol–water partition coefficient (Wildman–Crippen LogP) is 2.20. The summed E-state index contributed by atoms with van der Waals surface area (Å²) < 4.78 is 0. The topological polar surface area (TPSA) is 55.1 Å². The number of amides is 1. The fourth-order valence-electron chi connectivity index (χ4n) is 2.48. The largest absolute Gasteiger partial charge is 0.353 e. The first-order valence-electron chi connectivity index (χ1n) is 6.44. The number of nitrogens with one attached hydrogen (secondary N) is 1. The minimum absolute atomic E-state index is 0.119. The molecule has 2 atom stereocenters. The maximum Gasteiger partial charge on any atom is 0.220 e. The summed E-state index contributed by atoms with van der Waals surface area (Å²) in [6.07, 6.45) is 6.09. The molecule has 3 heteroatoms. The van der Waals surface area contributed by atoms with Crippen molar-refractivity contribution in [3.63, 3.8) is 0 Å². The lowest BCUT2D eigenvalue weighted by atomic mass is 9.75. The second-order valence-electron chi connectivity index (χ2n) is 6.04. The van der Waals surface area contributed by atoms with Crippen LogP contribution in [0.2, 0.25) is 0 Å². The minimum atomic E-state index is 0.119. The Hall–Kier alpha value is -0.570. The highest BCUT2D eigenvalue weighted by Gasteiger charge is 2.28. The summed E-state index contributed by atoms with van der Waals surface area (Å²) in [6, 6.07) is 0.498. The van der Waals surface area contributed by atoms with Crippen LogP contribution >= 0.6 is 0 Å². The Morgan fingerprint density at radius 3 is 2.81 bits per heavy atom. The molecule has 1 aliphatic carbocycles. The van der Waals surface area contributed by atoms with Crippen molar-refractivity contribution in [2.24, 2.45) is 11.1 Å². The van der Waals surface area contributed by atoms with Crippen LogP contribution in [0.25, 0.3) is 0 Å². The molecule has 0 heterocycles. The summed E-state index contributed by atoms with van der Waals surface area (Å²) in [5, 5.41) is 3.14. The fourth-order valence-corrected chi connectivity index (χ4v) is 2.48. The van der Waals surface area contributed by atoms with Crippen LogP contribution in [0.5, 0.6) is 0 Å². The molecule has 0 aromatic carbocycles. The summed E-state index contributed by atoms with van der Waals surface area (Å²) in [5.41, 5.74) is 6.02. The molecule has 0 aromatic rings. The van der Waals surface area contributed by atoms with Gasteiger partial charge < -0.3 is 11.1 Å². The molecule has 0 aliphatic heterocycles. The van der Waals surface area contributed by atoms with Gasteiger partial charge in [0.15, 0.2) is 0 Å². The van der Waals surface area contributed by atoms with Crippen LogP contribution in [0.3, 0.4) is 0 Å². The van der Waals surface area contributed by atoms with Crippen LogP contribution in [0, 0.1) is 5.41 Å². The smallest absolute Gasteiger partial charge is 0.220 e. The molecule has 1 aliphatic rings. The molecule has 0 bridgehead atoms. The van der Waals surface area contributed by atoms with E-state index in [1.807, 2.05) is 6.92 Å². The van der Waals surface area contributed by atoms with Crippen LogP contribution in [-0.2, 0) is 4.79 Å². The van der Waals surface area contributed by atoms with E-state index >= 15 is 0 Å². The molecule has 3 nitrogen and oxygen atoms in total. The number of carbonyl (C=O) groups is 1. The molecule has 2 unspecified atom stereocenters. The second-order valence-corrected chi connectivity index (χ2v) is 6.04. The van der Waals surface area contributed by atoms with Crippen LogP contribution in [0.15, 0.2) is 0 Å². The molecule has 1 saturated carbocycles. The average Bonchev–Trinajstić information content (AvgIpc) is 2.13. The van der Waals surface area contributed by atoms with Crippen LogP contribution < -0.4 is 11.1 Å². The van der Waals surface area contributed by atoms with Crippen molar-refractivity contribution in [1.29, 1.82) is 0 Å². The van der Waals surface area contributed by atoms with E-state index in [1.165, 1.54) is 12.8 Å². The molecule has 1 amide bonds. The zero-order valence-electron chi connectivity index (χ0n) is 10.9. The lowest BCUT2D eigenvalue weighted by molar-refractivity contribution is -0.122. The van der Waals surface area contributed by atoms with Gasteiger partial charge >= 0.3 is 0 Å². The van der Waals surface area contributed by atoms with Gasteiger partial charge in [-0.15, -0.1) is 0 Å². The third-order valence-corrected chi connectivity index (χ3v) is 3.40. The van der Waals surface area contributed by atoms with Gasteiger partial charge in [-0.2, -0.15) is 0 Å². The summed E-state index contributed by atoms with van der Waals surface area (Å²) >= 11 is 0. The van der Waals surface area contributed by atoms with Gasteiger partial charge in [-0.25, -0.2) is 0 Å². The molecule has 0 spiro atoms. The third-order valence-electron chi connectivity index (χ3n) is 3.40. The van der Waals surface area contributed by atoms with Gasteiger partial charge in [-0.1, -0.05) is 20.3 Å². The van der Waals surface area contributed by atoms with Crippen LogP contribution in [0.4, 0.5) is 0 Å². The molecule has 3 N–H and O–H groups in total. The van der Waals surface area contributed by atoms with Crippen molar-refractivity contribution < 1.29 is 4.79 Å². The van der Waals surface area contributed by atoms with Gasteiger partial charge in [-0.05, 0) is 38.0 Å². The lowest BCUT2D eigenvalue weighted by Crippen LogP contribution is -2.40. The van der Waals surface area contributed by atoms with Gasteiger partial charge in [0.1, 0.15) is 0 Å². The Balaban J connectivity index is 2.28. The SMILES string of the molecule is CC(N)CCC(=O)NC1CCCC(C)(C)C1. The maximum atomic E-state index is 11.7. The van der Waals surface area contributed by atoms with Crippen LogP contribution in [-0.4, -0.2) is 18.0 Å². The standard InChI is InChI=1S/C13H26N2O/c1-10(14)6-7-12(16)15-11-5-4-8-13(2,3)9-11/h10-11H,4-9,14H2,1-3H3,(H,15,16). The zero-order chi connectivity index (χ0) is 12.2. The van der Waals surface area contributed by atoms with Crippen molar-refractivity contribution in [2.75, 3.05) is 0 Å². The molecule has 0 aromatic heterocycles. The van der Waals surface area contributed by atoms with E-state index in [2.05, 4.69) is 19.2 Å². The highest BCUT2D eigenvalue weighted by molar-refractivity contribution is 5.76. The van der Waals surface area contributed by atoms with Crippen molar-refractivity contribution in [2.45, 2.75) is 71.4 Å². The van der Waals surface area contributed by atoms with Gasteiger partial charge in [0.25, 0.3) is 0 Å². The van der Waals surface area contributed by atoms with E-state index in [-0.39, 0.29) is 11.9 Å². The Morgan fingerprint density at radius 1 is 1.56 bits per heavy atom. The predicted molar refractivity (Wildman–Crippen MR) is 67.1 cm³/mol. The molecule has 1 fully saturated rings. The maximum absolute atomic E-state index is 11.7. The number of hydrogen-bond donors (Lipinski definition) is 2. The van der Waals surface area contributed by atoms with E-state index in [1.54, 1.807) is 0 Å². The molecule has 0 saturated heterocycles. The Labute approximate surface area is 99.2 Å². The average molecular weight is 226 g/mol. The Kier molecular flexibility index (Phi) is 4.78. The van der Waals surface area contributed by atoms with Crippen LogP contribution in [0.1, 0.15) is 59.3 Å². The number of rotatable bonds is 4. The van der Waals surface area contributed by atoms with Crippen molar-refractivity contribution in [3.05, 3.63) is 0 Å². The van der Waals surface area contributed by atoms with Gasteiger partial charge in [-0.3, -0.25) is 4.79 Å². The normalized spacial score (nSPS) is 26.1. The summed E-state index contributed by atoms with van der Waals surface area (Å²) in [7, 11) is 0. The van der Waals surface area contributed by atoms with E-state index in [0.717, 1.165) is 19.3 Å². The van der Waals surface area contributed by atoms with E-state index in [9.17, 15) is 4.79 Å². The van der Waals surface area contributed by atoms with Gasteiger partial charge in [0.05, 0.1) is 0 Å². The van der Waals surface area contributed by atoms with Crippen molar-refractivity contribution >= 4 is 5.91 Å². The number of hydrogen-bond acceptors (Lipinski definition) is 2. The summed E-state index contributed by atoms with van der Waals surface area (Å²) in [4.78, 5) is 11.7. The quantitative estimate of drug-likeness (QED) is 0.772. The molecule has 16 heavy (non-hydrogen) atoms. The Bertz CT molecular complexity index is 236. The van der Waals surface area contributed by atoms with E-state index < -0.39 is 0 Å². The highest BCUT2D eigenvalue weighted by Crippen LogP contribution is 2.35. The van der Waals surface area contributed by atoms with Crippen molar-refractivity contribution in [3.8, 4) is 0 Å². The van der Waals surface area contributed by atoms with Gasteiger partial charge in [0, 0.05) is 18.5 Å². The summed E-state index contributed by atoms with van der Waals surface area (Å²) in [6.45, 7) is 6.51. The first kappa shape index (κ1) is 13.5. The van der Waals surface area contributed by atoms with E-state index in [4.69, 9.17) is 5.73 Å². The molecular weight excluding hydrogens is 200 g/mol. The first-order valence-corrected chi connectivity index (χ1v) is 6.44. The van der Waals surface area contributed by atoms with Crippen molar-refractivity contribution in [1.82, 2.24) is 5.32 Å². The fraction of sp³-hybridized carbons (Fsp3) is 0.923. The van der Waals surface area contributed by atoms with Gasteiger partial charge in [0.2, 0.25) is 5.91 Å². The summed E-state index contributed by atoms with van der Waals surface area (Å²) in [5.74, 6) is 0.167. The Morgan fingerprint density at radius 2 is 2.25 bits per heavy atom.